The summed E-state index contributed by atoms with van der Waals surface area (Å²) in [6.07, 6.45) is -14.1. The van der Waals surface area contributed by atoms with Crippen LogP contribution in [0.2, 0.25) is 0 Å². The number of rotatable bonds is 11. The van der Waals surface area contributed by atoms with Gasteiger partial charge in [-0.05, 0) is 48.4 Å². The molecule has 0 saturated carbocycles. The predicted octanol–water partition coefficient (Wildman–Crippen LogP) is -0.871. The van der Waals surface area contributed by atoms with Crippen molar-refractivity contribution in [3.8, 4) is 23.0 Å². The first-order valence-corrected chi connectivity index (χ1v) is 14.2. The number of carbonyl (C=O) groups excluding carboxylic acids is 1. The molecule has 11 atom stereocenters. The molecule has 0 aliphatic carbocycles. The SMILES string of the molecule is CO[C@H](CO[C@@H]1O[C@H](CO)[C@@H](OC(=O)C=Cc2ccc(O)c(O)c2)[C@@H](O[C@@H]2O[C@H](C)[C@H](O)[C@@H](O)[C@H]2O)[C@H]1O)c1ccc(O)c(O)c1. The summed E-state index contributed by atoms with van der Waals surface area (Å²) in [5.74, 6) is -2.56. The number of phenolic OH excluding ortho intramolecular Hbond substituents is 4. The zero-order valence-electron chi connectivity index (χ0n) is 24.8. The van der Waals surface area contributed by atoms with Gasteiger partial charge in [0.05, 0.1) is 19.3 Å². The molecule has 2 fully saturated rings. The van der Waals surface area contributed by atoms with Gasteiger partial charge < -0.3 is 74.4 Å². The lowest BCUT2D eigenvalue weighted by Gasteiger charge is -2.46. The van der Waals surface area contributed by atoms with Crippen LogP contribution in [0, 0.1) is 0 Å². The van der Waals surface area contributed by atoms with E-state index in [9.17, 15) is 50.8 Å². The molecule has 0 unspecified atom stereocenters. The normalized spacial score (nSPS) is 32.3. The second kappa shape index (κ2) is 15.4. The van der Waals surface area contributed by atoms with Crippen LogP contribution in [0.4, 0.5) is 0 Å². The molecule has 0 bridgehead atoms. The summed E-state index contributed by atoms with van der Waals surface area (Å²) in [6.45, 7) is 0.351. The molecule has 2 aliphatic heterocycles. The fourth-order valence-electron chi connectivity index (χ4n) is 4.96. The van der Waals surface area contributed by atoms with E-state index in [2.05, 4.69) is 0 Å². The van der Waals surface area contributed by atoms with Crippen LogP contribution in [0.1, 0.15) is 24.2 Å². The summed E-state index contributed by atoms with van der Waals surface area (Å²) in [6, 6.07) is 7.77. The Labute approximate surface area is 262 Å². The van der Waals surface area contributed by atoms with Crippen molar-refractivity contribution in [1.29, 1.82) is 0 Å². The Kier molecular flexibility index (Phi) is 11.8. The molecule has 2 aromatic carbocycles. The van der Waals surface area contributed by atoms with Gasteiger partial charge in [0.25, 0.3) is 0 Å². The zero-order valence-corrected chi connectivity index (χ0v) is 24.8. The molecule has 0 spiro atoms. The van der Waals surface area contributed by atoms with E-state index in [0.29, 0.717) is 11.1 Å². The van der Waals surface area contributed by atoms with Gasteiger partial charge in [-0.1, -0.05) is 12.1 Å². The van der Waals surface area contributed by atoms with E-state index in [1.165, 1.54) is 56.5 Å². The third kappa shape index (κ3) is 8.05. The van der Waals surface area contributed by atoms with E-state index in [1.807, 2.05) is 0 Å². The van der Waals surface area contributed by atoms with Gasteiger partial charge in [0.1, 0.15) is 42.7 Å². The molecule has 46 heavy (non-hydrogen) atoms. The smallest absolute Gasteiger partial charge is 0.331 e. The van der Waals surface area contributed by atoms with E-state index < -0.39 is 91.6 Å². The lowest BCUT2D eigenvalue weighted by Crippen LogP contribution is -2.65. The van der Waals surface area contributed by atoms with Gasteiger partial charge in [0.15, 0.2) is 41.7 Å². The molecule has 2 saturated heterocycles. The minimum absolute atomic E-state index is 0.287. The average Bonchev–Trinajstić information content (AvgIpc) is 3.03. The standard InChI is InChI=1S/C30H38O16/c1-13-23(37)24(38)25(39)30(43-13)46-28-26(40)29(42-12-21(41-2)15-5-7-17(33)19(35)10-15)44-20(11-31)27(28)45-22(36)8-4-14-3-6-16(32)18(34)9-14/h3-10,13,20-21,23-35,37-40H,11-12H2,1-2H3/t13-,20-,21-,23+,24-,25-,26-,27-,28+,29-,30+/m1/s1. The maximum absolute atomic E-state index is 12.9. The highest BCUT2D eigenvalue weighted by Crippen LogP contribution is 2.33. The second-order valence-electron chi connectivity index (χ2n) is 10.8. The highest BCUT2D eigenvalue weighted by Gasteiger charge is 2.52. The van der Waals surface area contributed by atoms with Crippen LogP contribution in [0.3, 0.4) is 0 Å². The van der Waals surface area contributed by atoms with Crippen LogP contribution in [-0.4, -0.2) is 134 Å². The first kappa shape index (κ1) is 35.3. The Hall–Kier alpha value is -3.55. The molecule has 16 nitrogen and oxygen atoms in total. The van der Waals surface area contributed by atoms with Gasteiger partial charge in [-0.2, -0.15) is 0 Å². The number of benzene rings is 2. The van der Waals surface area contributed by atoms with Crippen LogP contribution in [0.15, 0.2) is 42.5 Å². The van der Waals surface area contributed by atoms with Crippen molar-refractivity contribution in [2.24, 2.45) is 0 Å². The van der Waals surface area contributed by atoms with Crippen molar-refractivity contribution in [2.75, 3.05) is 20.3 Å². The molecule has 4 rings (SSSR count). The summed E-state index contributed by atoms with van der Waals surface area (Å²) < 4.78 is 33.8. The number of methoxy groups -OCH3 is 1. The Morgan fingerprint density at radius 2 is 1.52 bits per heavy atom. The fourth-order valence-corrected chi connectivity index (χ4v) is 4.96. The molecule has 0 amide bonds. The number of aliphatic hydroxyl groups excluding tert-OH is 5. The third-order valence-corrected chi connectivity index (χ3v) is 7.63. The number of aliphatic hydroxyl groups is 5. The van der Waals surface area contributed by atoms with Crippen molar-refractivity contribution < 1.29 is 79.2 Å². The number of esters is 1. The largest absolute Gasteiger partial charge is 0.504 e. The highest BCUT2D eigenvalue weighted by atomic mass is 16.7. The average molecular weight is 655 g/mol. The third-order valence-electron chi connectivity index (χ3n) is 7.63. The van der Waals surface area contributed by atoms with Crippen LogP contribution >= 0.6 is 0 Å². The maximum Gasteiger partial charge on any atom is 0.331 e. The summed E-state index contributed by atoms with van der Waals surface area (Å²) in [5, 5.41) is 91.2. The van der Waals surface area contributed by atoms with Gasteiger partial charge >= 0.3 is 5.97 Å². The molecule has 16 heteroatoms. The Bertz CT molecular complexity index is 1350. The van der Waals surface area contributed by atoms with E-state index >= 15 is 0 Å². The molecule has 2 heterocycles. The van der Waals surface area contributed by atoms with Crippen molar-refractivity contribution in [1.82, 2.24) is 0 Å². The molecular weight excluding hydrogens is 616 g/mol. The number of hydrogen-bond acceptors (Lipinski definition) is 16. The summed E-state index contributed by atoms with van der Waals surface area (Å²) >= 11 is 0. The first-order chi connectivity index (χ1) is 21.8. The van der Waals surface area contributed by atoms with E-state index in [0.717, 1.165) is 6.08 Å². The molecule has 0 aromatic heterocycles. The minimum Gasteiger partial charge on any atom is -0.504 e. The summed E-state index contributed by atoms with van der Waals surface area (Å²) in [5.41, 5.74) is 0.720. The number of hydrogen-bond donors (Lipinski definition) is 9. The van der Waals surface area contributed by atoms with Gasteiger partial charge in [-0.25, -0.2) is 4.79 Å². The van der Waals surface area contributed by atoms with E-state index in [-0.39, 0.29) is 18.1 Å². The Morgan fingerprint density at radius 3 is 2.15 bits per heavy atom. The number of carbonyl (C=O) groups is 1. The molecule has 0 radical (unpaired) electrons. The lowest BCUT2D eigenvalue weighted by atomic mass is 9.97. The van der Waals surface area contributed by atoms with Gasteiger partial charge in [0.2, 0.25) is 0 Å². The van der Waals surface area contributed by atoms with Crippen LogP contribution in [-0.2, 0) is 33.2 Å². The van der Waals surface area contributed by atoms with E-state index in [1.54, 1.807) is 0 Å². The van der Waals surface area contributed by atoms with Crippen LogP contribution in [0.5, 0.6) is 23.0 Å². The zero-order chi connectivity index (χ0) is 33.7. The minimum atomic E-state index is -1.80. The second-order valence-corrected chi connectivity index (χ2v) is 10.8. The number of phenols is 4. The summed E-state index contributed by atoms with van der Waals surface area (Å²) in [7, 11) is 1.35. The predicted molar refractivity (Wildman–Crippen MR) is 153 cm³/mol. The van der Waals surface area contributed by atoms with E-state index in [4.69, 9.17) is 28.4 Å². The Morgan fingerprint density at radius 1 is 0.848 bits per heavy atom. The quantitative estimate of drug-likeness (QED) is 0.0811. The number of ether oxygens (including phenoxy) is 6. The van der Waals surface area contributed by atoms with Crippen LogP contribution < -0.4 is 0 Å². The van der Waals surface area contributed by atoms with Crippen molar-refractivity contribution >= 4 is 12.0 Å². The molecule has 254 valence electrons. The fraction of sp³-hybridized carbons (Fsp3) is 0.500. The molecular formula is C30H38O16. The van der Waals surface area contributed by atoms with Crippen molar-refractivity contribution in [2.45, 2.75) is 74.4 Å². The number of aromatic hydroxyl groups is 4. The Balaban J connectivity index is 1.56. The first-order valence-electron chi connectivity index (χ1n) is 14.2. The van der Waals surface area contributed by atoms with Crippen molar-refractivity contribution in [3.05, 3.63) is 53.6 Å². The van der Waals surface area contributed by atoms with Gasteiger partial charge in [-0.3, -0.25) is 0 Å². The van der Waals surface area contributed by atoms with Gasteiger partial charge in [-0.15, -0.1) is 0 Å². The molecule has 2 aromatic rings. The van der Waals surface area contributed by atoms with Crippen molar-refractivity contribution in [3.63, 3.8) is 0 Å². The van der Waals surface area contributed by atoms with Gasteiger partial charge in [0, 0.05) is 13.2 Å². The highest BCUT2D eigenvalue weighted by molar-refractivity contribution is 5.87. The van der Waals surface area contributed by atoms with Crippen LogP contribution in [0.25, 0.3) is 6.08 Å². The molecule has 9 N–H and O–H groups in total. The topological polar surface area (TPSA) is 255 Å². The summed E-state index contributed by atoms with van der Waals surface area (Å²) in [4.78, 5) is 12.9. The monoisotopic (exact) mass is 654 g/mol. The molecule has 2 aliphatic rings. The lowest BCUT2D eigenvalue weighted by molar-refractivity contribution is -0.358. The maximum atomic E-state index is 12.9.